The number of piperidine rings is 1. The van der Waals surface area contributed by atoms with E-state index < -0.39 is 0 Å². The summed E-state index contributed by atoms with van der Waals surface area (Å²) in [5.74, 6) is 1.82. The number of fused-ring (bicyclic) bond motifs is 1. The van der Waals surface area contributed by atoms with E-state index in [1.165, 1.54) is 32.6 Å². The van der Waals surface area contributed by atoms with Gasteiger partial charge in [-0.1, -0.05) is 0 Å². The number of rotatable bonds is 6. The van der Waals surface area contributed by atoms with Crippen LogP contribution in [0.4, 0.5) is 0 Å². The van der Waals surface area contributed by atoms with Gasteiger partial charge >= 0.3 is 0 Å². The van der Waals surface area contributed by atoms with E-state index in [0.29, 0.717) is 6.61 Å². The van der Waals surface area contributed by atoms with Gasteiger partial charge < -0.3 is 19.7 Å². The summed E-state index contributed by atoms with van der Waals surface area (Å²) in [5, 5.41) is 3.49. The van der Waals surface area contributed by atoms with E-state index in [1.807, 2.05) is 0 Å². The zero-order chi connectivity index (χ0) is 11.2. The first-order valence-corrected chi connectivity index (χ1v) is 6.40. The molecule has 1 N–H and O–H groups in total. The lowest BCUT2D eigenvalue weighted by Gasteiger charge is -2.34. The van der Waals surface area contributed by atoms with Crippen LogP contribution in [0.5, 0.6) is 0 Å². The van der Waals surface area contributed by atoms with Crippen molar-refractivity contribution in [1.82, 2.24) is 10.2 Å². The van der Waals surface area contributed by atoms with Gasteiger partial charge in [-0.3, -0.25) is 0 Å². The fourth-order valence-corrected chi connectivity index (χ4v) is 2.75. The summed E-state index contributed by atoms with van der Waals surface area (Å²) in [4.78, 5) is 2.54. The molecule has 102 valence electrons. The molecule has 0 saturated carbocycles. The third-order valence-corrected chi connectivity index (χ3v) is 3.77. The highest BCUT2D eigenvalue weighted by molar-refractivity contribution is 5.85. The lowest BCUT2D eigenvalue weighted by Crippen LogP contribution is -2.41. The van der Waals surface area contributed by atoms with E-state index in [-0.39, 0.29) is 12.4 Å². The third kappa shape index (κ3) is 4.72. The van der Waals surface area contributed by atoms with Crippen molar-refractivity contribution in [1.29, 1.82) is 0 Å². The van der Waals surface area contributed by atoms with Crippen LogP contribution in [0.3, 0.4) is 0 Å². The molecule has 17 heavy (non-hydrogen) atoms. The number of methoxy groups -OCH3 is 1. The van der Waals surface area contributed by atoms with Gasteiger partial charge in [-0.15, -0.1) is 12.4 Å². The first-order chi connectivity index (χ1) is 7.90. The summed E-state index contributed by atoms with van der Waals surface area (Å²) < 4.78 is 10.4. The molecule has 2 fully saturated rings. The van der Waals surface area contributed by atoms with Crippen molar-refractivity contribution >= 4 is 12.4 Å². The average molecular weight is 265 g/mol. The molecular formula is C12H25ClN2O2. The highest BCUT2D eigenvalue weighted by atomic mass is 35.5. The van der Waals surface area contributed by atoms with Crippen molar-refractivity contribution in [2.45, 2.75) is 6.42 Å². The van der Waals surface area contributed by atoms with Crippen LogP contribution in [-0.4, -0.2) is 64.6 Å². The van der Waals surface area contributed by atoms with Gasteiger partial charge in [-0.05, 0) is 37.9 Å². The van der Waals surface area contributed by atoms with Gasteiger partial charge in [0.15, 0.2) is 0 Å². The van der Waals surface area contributed by atoms with Gasteiger partial charge in [-0.25, -0.2) is 0 Å². The van der Waals surface area contributed by atoms with E-state index >= 15 is 0 Å². The molecule has 2 saturated heterocycles. The van der Waals surface area contributed by atoms with Crippen LogP contribution < -0.4 is 5.32 Å². The molecule has 2 rings (SSSR count). The van der Waals surface area contributed by atoms with Crippen LogP contribution in [0, 0.1) is 11.8 Å². The van der Waals surface area contributed by atoms with Crippen LogP contribution in [0.2, 0.25) is 0 Å². The number of hydrogen-bond acceptors (Lipinski definition) is 4. The molecule has 0 aromatic rings. The molecule has 4 nitrogen and oxygen atoms in total. The molecule has 2 unspecified atom stereocenters. The smallest absolute Gasteiger partial charge is 0.0700 e. The van der Waals surface area contributed by atoms with E-state index in [1.54, 1.807) is 7.11 Å². The number of ether oxygens (including phenoxy) is 2. The van der Waals surface area contributed by atoms with Crippen LogP contribution in [0.15, 0.2) is 0 Å². The third-order valence-electron chi connectivity index (χ3n) is 3.77. The van der Waals surface area contributed by atoms with Crippen molar-refractivity contribution in [2.75, 3.05) is 59.7 Å². The maximum Gasteiger partial charge on any atom is 0.0700 e. The van der Waals surface area contributed by atoms with Crippen molar-refractivity contribution in [3.8, 4) is 0 Å². The molecular weight excluding hydrogens is 240 g/mol. The topological polar surface area (TPSA) is 33.7 Å². The normalized spacial score (nSPS) is 28.8. The van der Waals surface area contributed by atoms with Crippen molar-refractivity contribution in [3.63, 3.8) is 0 Å². The zero-order valence-corrected chi connectivity index (χ0v) is 11.5. The second-order valence-corrected chi connectivity index (χ2v) is 4.87. The van der Waals surface area contributed by atoms with Crippen molar-refractivity contribution < 1.29 is 9.47 Å². The zero-order valence-electron chi connectivity index (χ0n) is 10.7. The summed E-state index contributed by atoms with van der Waals surface area (Å²) in [6, 6.07) is 0. The quantitative estimate of drug-likeness (QED) is 0.713. The lowest BCUT2D eigenvalue weighted by atomic mass is 9.89. The van der Waals surface area contributed by atoms with Crippen molar-refractivity contribution in [3.05, 3.63) is 0 Å². The van der Waals surface area contributed by atoms with Gasteiger partial charge in [0.05, 0.1) is 19.8 Å². The second-order valence-electron chi connectivity index (χ2n) is 4.87. The molecule has 2 heterocycles. The Hall–Kier alpha value is 0.130. The van der Waals surface area contributed by atoms with Crippen LogP contribution in [0.1, 0.15) is 6.42 Å². The molecule has 0 aliphatic carbocycles. The predicted octanol–water partition coefficient (Wildman–Crippen LogP) is 0.612. The molecule has 2 aliphatic heterocycles. The second kappa shape index (κ2) is 8.27. The Morgan fingerprint density at radius 2 is 2.00 bits per heavy atom. The fraction of sp³-hybridized carbons (Fsp3) is 1.00. The number of halogens is 1. The number of hydrogen-bond donors (Lipinski definition) is 1. The van der Waals surface area contributed by atoms with Crippen molar-refractivity contribution in [2.24, 2.45) is 11.8 Å². The minimum Gasteiger partial charge on any atom is -0.382 e. The molecule has 0 aromatic heterocycles. The van der Waals surface area contributed by atoms with E-state index in [2.05, 4.69) is 10.2 Å². The number of likely N-dealkylation sites (tertiary alicyclic amines) is 1. The van der Waals surface area contributed by atoms with Gasteiger partial charge in [-0.2, -0.15) is 0 Å². The first-order valence-electron chi connectivity index (χ1n) is 6.40. The first kappa shape index (κ1) is 15.2. The molecule has 0 spiro atoms. The van der Waals surface area contributed by atoms with E-state index in [0.717, 1.165) is 31.6 Å². The van der Waals surface area contributed by atoms with Crippen LogP contribution in [-0.2, 0) is 9.47 Å². The molecule has 0 aromatic carbocycles. The SMILES string of the molecule is COCCOCCN1CCC2CNCC2C1.Cl. The summed E-state index contributed by atoms with van der Waals surface area (Å²) in [6.07, 6.45) is 1.36. The maximum absolute atomic E-state index is 5.51. The largest absolute Gasteiger partial charge is 0.382 e. The molecule has 0 radical (unpaired) electrons. The maximum atomic E-state index is 5.51. The molecule has 0 amide bonds. The summed E-state index contributed by atoms with van der Waals surface area (Å²) >= 11 is 0. The molecule has 0 bridgehead atoms. The Labute approximate surface area is 110 Å². The molecule has 5 heteroatoms. The monoisotopic (exact) mass is 264 g/mol. The standard InChI is InChI=1S/C12H24N2O2.ClH/c1-15-6-7-16-5-4-14-3-2-11-8-13-9-12(11)10-14;/h11-13H,2-10H2,1H3;1H. The fourth-order valence-electron chi connectivity index (χ4n) is 2.75. The molecule has 2 aliphatic rings. The Morgan fingerprint density at radius 1 is 1.18 bits per heavy atom. The average Bonchev–Trinajstić information content (AvgIpc) is 2.76. The number of nitrogens with one attached hydrogen (secondary N) is 1. The highest BCUT2D eigenvalue weighted by Gasteiger charge is 2.32. The predicted molar refractivity (Wildman–Crippen MR) is 70.8 cm³/mol. The van der Waals surface area contributed by atoms with Crippen LogP contribution in [0.25, 0.3) is 0 Å². The lowest BCUT2D eigenvalue weighted by molar-refractivity contribution is 0.0462. The Morgan fingerprint density at radius 3 is 2.82 bits per heavy atom. The highest BCUT2D eigenvalue weighted by Crippen LogP contribution is 2.25. The minimum atomic E-state index is 0. The Balaban J connectivity index is 0.00000144. The minimum absolute atomic E-state index is 0. The molecule has 2 atom stereocenters. The summed E-state index contributed by atoms with van der Waals surface area (Å²) in [6.45, 7) is 8.30. The number of nitrogens with zero attached hydrogens (tertiary/aromatic N) is 1. The van der Waals surface area contributed by atoms with Gasteiger partial charge in [0, 0.05) is 20.2 Å². The van der Waals surface area contributed by atoms with Gasteiger partial charge in [0.25, 0.3) is 0 Å². The summed E-state index contributed by atoms with van der Waals surface area (Å²) in [5.41, 5.74) is 0. The summed E-state index contributed by atoms with van der Waals surface area (Å²) in [7, 11) is 1.71. The Bertz CT molecular complexity index is 207. The Kier molecular flexibility index (Phi) is 7.39. The van der Waals surface area contributed by atoms with E-state index in [4.69, 9.17) is 9.47 Å². The van der Waals surface area contributed by atoms with E-state index in [9.17, 15) is 0 Å². The van der Waals surface area contributed by atoms with Gasteiger partial charge in [0.2, 0.25) is 0 Å². The van der Waals surface area contributed by atoms with Crippen LogP contribution >= 0.6 is 12.4 Å². The van der Waals surface area contributed by atoms with Gasteiger partial charge in [0.1, 0.15) is 0 Å².